The first-order valence-corrected chi connectivity index (χ1v) is 8.38. The van der Waals surface area contributed by atoms with Crippen molar-refractivity contribution >= 4 is 23.5 Å². The summed E-state index contributed by atoms with van der Waals surface area (Å²) in [5, 5.41) is 5.50. The van der Waals surface area contributed by atoms with Crippen molar-refractivity contribution in [2.45, 2.75) is 26.3 Å². The van der Waals surface area contributed by atoms with Crippen molar-refractivity contribution in [3.63, 3.8) is 0 Å². The molecule has 26 heavy (non-hydrogen) atoms. The fraction of sp³-hybridized carbons (Fsp3) is 0.250. The second-order valence-corrected chi connectivity index (χ2v) is 6.63. The lowest BCUT2D eigenvalue weighted by molar-refractivity contribution is -0.133. The molecule has 1 fully saturated rings. The van der Waals surface area contributed by atoms with Crippen molar-refractivity contribution in [3.8, 4) is 0 Å². The number of benzene rings is 2. The predicted molar refractivity (Wildman–Crippen MR) is 98.6 cm³/mol. The minimum absolute atomic E-state index is 0.332. The van der Waals surface area contributed by atoms with Crippen molar-refractivity contribution in [1.82, 2.24) is 10.2 Å². The quantitative estimate of drug-likeness (QED) is 0.832. The molecule has 3 rings (SSSR count). The second-order valence-electron chi connectivity index (χ2n) is 6.63. The van der Waals surface area contributed by atoms with Gasteiger partial charge in [0.05, 0.1) is 0 Å². The van der Waals surface area contributed by atoms with Crippen LogP contribution in [0.1, 0.15) is 23.6 Å². The molecular formula is C20H21N3O3. The first-order chi connectivity index (χ1) is 12.3. The molecule has 0 aromatic heterocycles. The maximum atomic E-state index is 12.8. The number of hydrogen-bond donors (Lipinski definition) is 2. The van der Waals surface area contributed by atoms with E-state index in [2.05, 4.69) is 10.6 Å². The number of aryl methyl sites for hydroxylation is 2. The van der Waals surface area contributed by atoms with Gasteiger partial charge in [0.25, 0.3) is 5.91 Å². The summed E-state index contributed by atoms with van der Waals surface area (Å²) in [6.45, 7) is 5.10. The average Bonchev–Trinajstić information content (AvgIpc) is 2.83. The van der Waals surface area contributed by atoms with Gasteiger partial charge in [-0.15, -0.1) is 0 Å². The van der Waals surface area contributed by atoms with Gasteiger partial charge < -0.3 is 10.6 Å². The molecule has 0 spiro atoms. The van der Waals surface area contributed by atoms with Gasteiger partial charge >= 0.3 is 6.03 Å². The Balaban J connectivity index is 1.77. The molecule has 1 heterocycles. The lowest BCUT2D eigenvalue weighted by atomic mass is 9.92. The van der Waals surface area contributed by atoms with Crippen LogP contribution in [0.25, 0.3) is 0 Å². The molecule has 2 aromatic carbocycles. The van der Waals surface area contributed by atoms with E-state index >= 15 is 0 Å². The van der Waals surface area contributed by atoms with E-state index in [1.54, 1.807) is 31.2 Å². The van der Waals surface area contributed by atoms with Gasteiger partial charge in [0.15, 0.2) is 0 Å². The topological polar surface area (TPSA) is 78.5 Å². The molecule has 0 bridgehead atoms. The van der Waals surface area contributed by atoms with Crippen LogP contribution in [0.4, 0.5) is 10.5 Å². The number of nitrogens with zero attached hydrogens (tertiary/aromatic N) is 1. The van der Waals surface area contributed by atoms with Crippen LogP contribution in [-0.2, 0) is 15.1 Å². The Morgan fingerprint density at radius 1 is 1.04 bits per heavy atom. The van der Waals surface area contributed by atoms with Crippen LogP contribution in [0.5, 0.6) is 0 Å². The summed E-state index contributed by atoms with van der Waals surface area (Å²) in [4.78, 5) is 38.5. The van der Waals surface area contributed by atoms with Crippen LogP contribution in [0.2, 0.25) is 0 Å². The van der Waals surface area contributed by atoms with Crippen LogP contribution in [0.3, 0.4) is 0 Å². The molecule has 0 aliphatic carbocycles. The molecule has 1 aliphatic rings. The standard InChI is InChI=1S/C20H21N3O3/c1-13-8-7-9-14(2)17(13)21-16(24)12-23-18(25)20(3,22-19(23)26)15-10-5-4-6-11-15/h4-11H,12H2,1-3H3,(H,21,24)(H,22,26)/t20-/m0/s1. The number of imide groups is 1. The zero-order valence-corrected chi connectivity index (χ0v) is 15.0. The van der Waals surface area contributed by atoms with Crippen molar-refractivity contribution in [2.24, 2.45) is 0 Å². The number of carbonyl (C=O) groups excluding carboxylic acids is 3. The number of rotatable bonds is 4. The predicted octanol–water partition coefficient (Wildman–Crippen LogP) is 2.71. The van der Waals surface area contributed by atoms with Gasteiger partial charge in [0, 0.05) is 5.69 Å². The summed E-state index contributed by atoms with van der Waals surface area (Å²) in [5.74, 6) is -0.853. The highest BCUT2D eigenvalue weighted by Crippen LogP contribution is 2.28. The number of urea groups is 1. The first-order valence-electron chi connectivity index (χ1n) is 8.38. The Morgan fingerprint density at radius 3 is 2.27 bits per heavy atom. The van der Waals surface area contributed by atoms with Crippen molar-refractivity contribution in [1.29, 1.82) is 0 Å². The highest BCUT2D eigenvalue weighted by molar-refractivity contribution is 6.10. The molecule has 2 aromatic rings. The monoisotopic (exact) mass is 351 g/mol. The van der Waals surface area contributed by atoms with Gasteiger partial charge in [0.2, 0.25) is 5.91 Å². The number of nitrogens with one attached hydrogen (secondary N) is 2. The molecule has 6 nitrogen and oxygen atoms in total. The summed E-state index contributed by atoms with van der Waals surface area (Å²) in [6, 6.07) is 14.1. The van der Waals surface area contributed by atoms with E-state index in [9.17, 15) is 14.4 Å². The molecule has 134 valence electrons. The molecule has 0 saturated carbocycles. The molecule has 4 amide bonds. The van der Waals surface area contributed by atoms with Crippen LogP contribution < -0.4 is 10.6 Å². The van der Waals surface area contributed by atoms with Gasteiger partial charge in [-0.2, -0.15) is 0 Å². The van der Waals surface area contributed by atoms with Crippen molar-refractivity contribution in [2.75, 3.05) is 11.9 Å². The van der Waals surface area contributed by atoms with E-state index in [1.165, 1.54) is 0 Å². The average molecular weight is 351 g/mol. The van der Waals surface area contributed by atoms with E-state index in [0.717, 1.165) is 16.0 Å². The molecule has 1 aliphatic heterocycles. The van der Waals surface area contributed by atoms with Gasteiger partial charge in [-0.05, 0) is 37.5 Å². The van der Waals surface area contributed by atoms with Gasteiger partial charge in [-0.1, -0.05) is 48.5 Å². The molecular weight excluding hydrogens is 330 g/mol. The Kier molecular flexibility index (Phi) is 4.50. The minimum Gasteiger partial charge on any atom is -0.324 e. The fourth-order valence-corrected chi connectivity index (χ4v) is 3.14. The third-order valence-corrected chi connectivity index (χ3v) is 4.67. The Hall–Kier alpha value is -3.15. The minimum atomic E-state index is -1.17. The Bertz CT molecular complexity index is 859. The molecule has 0 unspecified atom stereocenters. The summed E-state index contributed by atoms with van der Waals surface area (Å²) in [7, 11) is 0. The van der Waals surface area contributed by atoms with E-state index in [0.29, 0.717) is 11.3 Å². The fourth-order valence-electron chi connectivity index (χ4n) is 3.14. The summed E-state index contributed by atoms with van der Waals surface area (Å²) < 4.78 is 0. The van der Waals surface area contributed by atoms with E-state index in [-0.39, 0.29) is 6.54 Å². The maximum Gasteiger partial charge on any atom is 0.325 e. The summed E-state index contributed by atoms with van der Waals surface area (Å²) >= 11 is 0. The largest absolute Gasteiger partial charge is 0.325 e. The van der Waals surface area contributed by atoms with Crippen LogP contribution in [0, 0.1) is 13.8 Å². The number of hydrogen-bond acceptors (Lipinski definition) is 3. The third-order valence-electron chi connectivity index (χ3n) is 4.67. The number of para-hydroxylation sites is 1. The van der Waals surface area contributed by atoms with Gasteiger partial charge in [-0.3, -0.25) is 14.5 Å². The molecule has 1 atom stereocenters. The molecule has 6 heteroatoms. The molecule has 0 radical (unpaired) electrons. The van der Waals surface area contributed by atoms with Gasteiger partial charge in [0.1, 0.15) is 12.1 Å². The lowest BCUT2D eigenvalue weighted by Gasteiger charge is -2.22. The molecule has 1 saturated heterocycles. The first kappa shape index (κ1) is 17.7. The van der Waals surface area contributed by atoms with Crippen LogP contribution in [-0.4, -0.2) is 29.3 Å². The highest BCUT2D eigenvalue weighted by Gasteiger charge is 2.49. The second kappa shape index (κ2) is 6.63. The zero-order valence-electron chi connectivity index (χ0n) is 15.0. The maximum absolute atomic E-state index is 12.8. The number of anilines is 1. The third kappa shape index (κ3) is 3.06. The van der Waals surface area contributed by atoms with E-state index in [1.807, 2.05) is 38.1 Å². The van der Waals surface area contributed by atoms with Crippen molar-refractivity contribution in [3.05, 3.63) is 65.2 Å². The normalized spacial score (nSPS) is 19.4. The number of carbonyl (C=O) groups is 3. The summed E-state index contributed by atoms with van der Waals surface area (Å²) in [5.41, 5.74) is 2.05. The zero-order chi connectivity index (χ0) is 18.9. The molecule has 2 N–H and O–H groups in total. The van der Waals surface area contributed by atoms with E-state index < -0.39 is 23.4 Å². The van der Waals surface area contributed by atoms with Crippen LogP contribution in [0.15, 0.2) is 48.5 Å². The van der Waals surface area contributed by atoms with E-state index in [4.69, 9.17) is 0 Å². The smallest absolute Gasteiger partial charge is 0.324 e. The summed E-state index contributed by atoms with van der Waals surface area (Å²) in [6.07, 6.45) is 0. The van der Waals surface area contributed by atoms with Crippen molar-refractivity contribution < 1.29 is 14.4 Å². The Morgan fingerprint density at radius 2 is 1.65 bits per heavy atom. The van der Waals surface area contributed by atoms with Gasteiger partial charge in [-0.25, -0.2) is 4.79 Å². The highest BCUT2D eigenvalue weighted by atomic mass is 16.2. The van der Waals surface area contributed by atoms with Crippen LogP contribution >= 0.6 is 0 Å². The lowest BCUT2D eigenvalue weighted by Crippen LogP contribution is -2.42. The SMILES string of the molecule is Cc1cccc(C)c1NC(=O)CN1C(=O)N[C@@](C)(c2ccccc2)C1=O. The Labute approximate surface area is 152 Å². The number of amides is 4.